The summed E-state index contributed by atoms with van der Waals surface area (Å²) in [7, 11) is 1.43. The summed E-state index contributed by atoms with van der Waals surface area (Å²) in [6, 6.07) is 4.36. The van der Waals surface area contributed by atoms with E-state index in [-0.39, 0.29) is 45.8 Å². The van der Waals surface area contributed by atoms with Crippen molar-refractivity contribution in [2.24, 2.45) is 12.8 Å². The van der Waals surface area contributed by atoms with Gasteiger partial charge in [0.15, 0.2) is 11.5 Å². The lowest BCUT2D eigenvalue weighted by molar-refractivity contribution is -0.192. The third-order valence-corrected chi connectivity index (χ3v) is 5.87. The van der Waals surface area contributed by atoms with Gasteiger partial charge < -0.3 is 26.0 Å². The van der Waals surface area contributed by atoms with Crippen molar-refractivity contribution in [2.45, 2.75) is 38.7 Å². The van der Waals surface area contributed by atoms with Crippen LogP contribution in [0.1, 0.15) is 46.4 Å². The van der Waals surface area contributed by atoms with Crippen LogP contribution in [0.4, 0.5) is 32.0 Å². The highest BCUT2D eigenvalue weighted by Gasteiger charge is 2.39. The molecule has 0 aliphatic heterocycles. The van der Waals surface area contributed by atoms with Crippen molar-refractivity contribution < 1.29 is 45.8 Å². The lowest BCUT2D eigenvalue weighted by Gasteiger charge is -2.10. The van der Waals surface area contributed by atoms with Crippen LogP contribution in [0.5, 0.6) is 0 Å². The fourth-order valence-corrected chi connectivity index (χ4v) is 3.84. The van der Waals surface area contributed by atoms with Gasteiger partial charge in [-0.05, 0) is 44.5 Å². The second-order valence-electron chi connectivity index (χ2n) is 9.27. The van der Waals surface area contributed by atoms with E-state index in [0.717, 1.165) is 17.5 Å². The molecule has 0 unspecified atom stereocenters. The van der Waals surface area contributed by atoms with E-state index in [0.29, 0.717) is 18.7 Å². The standard InChI is InChI=1S/C24H27ClF3N7O2.C2HF3O2/c1-14(2)12-35-13-17(20(33-35)24(26,27)28)19-11-31-21(34(19)3)23(37)32-15-6-7-16(18(25)10-15)22(36)30-9-5-4-8-29;3-2(4,5)1(6)7/h6-7,10-11,13H,1,4-5,8-9,12,29H2,2-3H3,(H,30,36)(H,32,37);(H,6,7). The van der Waals surface area contributed by atoms with Crippen LogP contribution < -0.4 is 16.4 Å². The number of hydrogen-bond donors (Lipinski definition) is 4. The first-order chi connectivity index (χ1) is 20.4. The number of hydrogen-bond acceptors (Lipinski definition) is 6. The maximum atomic E-state index is 13.6. The largest absolute Gasteiger partial charge is 0.490 e. The second kappa shape index (κ2) is 14.9. The van der Waals surface area contributed by atoms with Crippen molar-refractivity contribution in [1.82, 2.24) is 24.6 Å². The zero-order valence-electron chi connectivity index (χ0n) is 23.3. The number of nitrogens with one attached hydrogen (secondary N) is 2. The molecule has 0 spiro atoms. The first-order valence-electron chi connectivity index (χ1n) is 12.6. The first kappa shape index (κ1) is 35.8. The van der Waals surface area contributed by atoms with Gasteiger partial charge in [-0.1, -0.05) is 23.8 Å². The number of carbonyl (C=O) groups excluding carboxylic acids is 2. The van der Waals surface area contributed by atoms with Crippen LogP contribution in [0.3, 0.4) is 0 Å². The number of benzene rings is 1. The fraction of sp³-hybridized carbons (Fsp3) is 0.346. The Morgan fingerprint density at radius 1 is 1.11 bits per heavy atom. The Hall–Kier alpha value is -4.38. The van der Waals surface area contributed by atoms with Gasteiger partial charge in [-0.3, -0.25) is 14.3 Å². The smallest absolute Gasteiger partial charge is 0.475 e. The molecule has 0 saturated heterocycles. The third-order valence-electron chi connectivity index (χ3n) is 5.56. The van der Waals surface area contributed by atoms with Crippen molar-refractivity contribution in [1.29, 1.82) is 0 Å². The Kier molecular flexibility index (Phi) is 12.1. The number of imidazole rings is 1. The quantitative estimate of drug-likeness (QED) is 0.138. The molecule has 0 aliphatic rings. The van der Waals surface area contributed by atoms with Gasteiger partial charge in [0.05, 0.1) is 34.6 Å². The van der Waals surface area contributed by atoms with Crippen LogP contribution in [0.2, 0.25) is 5.02 Å². The van der Waals surface area contributed by atoms with E-state index in [1.165, 1.54) is 42.2 Å². The lowest BCUT2D eigenvalue weighted by atomic mass is 10.2. The Balaban J connectivity index is 0.000000860. The molecule has 0 saturated carbocycles. The SMILES string of the molecule is C=C(C)Cn1cc(-c2cnc(C(=O)Nc3ccc(C(=O)NCCCCN)c(Cl)c3)n2C)c(C(F)(F)F)n1.O=C(O)C(F)(F)F. The van der Waals surface area contributed by atoms with Gasteiger partial charge in [0, 0.05) is 25.5 Å². The molecule has 3 aromatic rings. The topological polar surface area (TPSA) is 157 Å². The van der Waals surface area contributed by atoms with E-state index in [1.807, 2.05) is 0 Å². The number of amides is 2. The maximum Gasteiger partial charge on any atom is 0.490 e. The molecular formula is C26H28ClF6N7O4. The first-order valence-corrected chi connectivity index (χ1v) is 12.9. The van der Waals surface area contributed by atoms with Gasteiger partial charge in [-0.15, -0.1) is 0 Å². The minimum absolute atomic E-state index is 0.0603. The van der Waals surface area contributed by atoms with Crippen molar-refractivity contribution in [3.8, 4) is 11.3 Å². The summed E-state index contributed by atoms with van der Waals surface area (Å²) in [4.78, 5) is 38.1. The Morgan fingerprint density at radius 2 is 1.75 bits per heavy atom. The number of carboxylic acids is 1. The van der Waals surface area contributed by atoms with Gasteiger partial charge in [-0.2, -0.15) is 31.4 Å². The van der Waals surface area contributed by atoms with E-state index in [1.54, 1.807) is 6.92 Å². The molecular weight excluding hydrogens is 624 g/mol. The van der Waals surface area contributed by atoms with Crippen LogP contribution >= 0.6 is 11.6 Å². The average Bonchev–Trinajstić information content (AvgIpc) is 3.49. The van der Waals surface area contributed by atoms with E-state index in [9.17, 15) is 35.9 Å². The summed E-state index contributed by atoms with van der Waals surface area (Å²) in [6.07, 6.45) is -5.86. The van der Waals surface area contributed by atoms with Gasteiger partial charge in [-0.25, -0.2) is 9.78 Å². The fourth-order valence-electron chi connectivity index (χ4n) is 3.58. The van der Waals surface area contributed by atoms with Crippen LogP contribution in [-0.4, -0.2) is 61.5 Å². The van der Waals surface area contributed by atoms with Crippen molar-refractivity contribution >= 4 is 35.1 Å². The number of carbonyl (C=O) groups is 3. The highest BCUT2D eigenvalue weighted by molar-refractivity contribution is 6.34. The minimum atomic E-state index is -5.08. The molecule has 3 rings (SSSR count). The van der Waals surface area contributed by atoms with E-state index in [4.69, 9.17) is 27.2 Å². The van der Waals surface area contributed by atoms with Gasteiger partial charge in [0.2, 0.25) is 0 Å². The van der Waals surface area contributed by atoms with Crippen molar-refractivity contribution in [2.75, 3.05) is 18.4 Å². The molecule has 0 bridgehead atoms. The summed E-state index contributed by atoms with van der Waals surface area (Å²) < 4.78 is 75.1. The Morgan fingerprint density at radius 3 is 2.27 bits per heavy atom. The molecule has 1 aromatic carbocycles. The number of anilines is 1. The molecule has 240 valence electrons. The lowest BCUT2D eigenvalue weighted by Crippen LogP contribution is -2.25. The molecule has 2 amide bonds. The van der Waals surface area contributed by atoms with Crippen LogP contribution in [-0.2, 0) is 24.6 Å². The Bertz CT molecular complexity index is 1520. The minimum Gasteiger partial charge on any atom is -0.475 e. The van der Waals surface area contributed by atoms with Gasteiger partial charge in [0.1, 0.15) is 0 Å². The monoisotopic (exact) mass is 651 g/mol. The number of nitrogens with two attached hydrogens (primary N) is 1. The van der Waals surface area contributed by atoms with Crippen LogP contribution in [0.25, 0.3) is 11.3 Å². The number of allylic oxidation sites excluding steroid dienone is 1. The summed E-state index contributed by atoms with van der Waals surface area (Å²) >= 11 is 6.23. The number of alkyl halides is 6. The number of nitrogens with zero attached hydrogens (tertiary/aromatic N) is 4. The molecule has 0 fully saturated rings. The van der Waals surface area contributed by atoms with E-state index >= 15 is 0 Å². The molecule has 18 heteroatoms. The predicted molar refractivity (Wildman–Crippen MR) is 148 cm³/mol. The number of unbranched alkanes of at least 4 members (excludes halogenated alkanes) is 1. The maximum absolute atomic E-state index is 13.6. The van der Waals surface area contributed by atoms with E-state index < -0.39 is 29.9 Å². The zero-order valence-corrected chi connectivity index (χ0v) is 24.1. The molecule has 0 radical (unpaired) electrons. The molecule has 0 atom stereocenters. The molecule has 5 N–H and O–H groups in total. The number of carboxylic acid groups (broad SMARTS) is 1. The van der Waals surface area contributed by atoms with Crippen molar-refractivity contribution in [3.05, 3.63) is 64.8 Å². The second-order valence-corrected chi connectivity index (χ2v) is 9.68. The van der Waals surface area contributed by atoms with Gasteiger partial charge >= 0.3 is 18.3 Å². The molecule has 2 aromatic heterocycles. The Labute approximate surface area is 251 Å². The normalized spacial score (nSPS) is 11.4. The highest BCUT2D eigenvalue weighted by Crippen LogP contribution is 2.36. The summed E-state index contributed by atoms with van der Waals surface area (Å²) in [5.74, 6) is -3.92. The van der Waals surface area contributed by atoms with Crippen LogP contribution in [0, 0.1) is 0 Å². The van der Waals surface area contributed by atoms with Crippen LogP contribution in [0.15, 0.2) is 42.7 Å². The number of aliphatic carboxylic acids is 1. The highest BCUT2D eigenvalue weighted by atomic mass is 35.5. The molecule has 44 heavy (non-hydrogen) atoms. The van der Waals surface area contributed by atoms with Gasteiger partial charge in [0.25, 0.3) is 11.8 Å². The summed E-state index contributed by atoms with van der Waals surface area (Å²) in [5.41, 5.74) is 5.33. The number of halogens is 7. The zero-order chi connectivity index (χ0) is 33.4. The molecule has 0 aliphatic carbocycles. The van der Waals surface area contributed by atoms with E-state index in [2.05, 4.69) is 27.3 Å². The number of aromatic nitrogens is 4. The third kappa shape index (κ3) is 9.84. The predicted octanol–water partition coefficient (Wildman–Crippen LogP) is 4.89. The summed E-state index contributed by atoms with van der Waals surface area (Å²) in [6.45, 7) is 6.47. The summed E-state index contributed by atoms with van der Waals surface area (Å²) in [5, 5.41) is 16.2. The molecule has 11 nitrogen and oxygen atoms in total. The number of rotatable bonds is 10. The van der Waals surface area contributed by atoms with Crippen molar-refractivity contribution in [3.63, 3.8) is 0 Å². The average molecular weight is 652 g/mol. The molecule has 2 heterocycles.